The Kier molecular flexibility index (Phi) is 9.90. The van der Waals surface area contributed by atoms with Crippen LogP contribution in [0.4, 0.5) is 13.2 Å². The highest BCUT2D eigenvalue weighted by molar-refractivity contribution is 7.46. The van der Waals surface area contributed by atoms with Crippen molar-refractivity contribution in [1.82, 2.24) is 4.98 Å². The van der Waals surface area contributed by atoms with Crippen molar-refractivity contribution in [2.45, 2.75) is 64.1 Å². The maximum Gasteiger partial charge on any atom is 0.469 e. The van der Waals surface area contributed by atoms with E-state index in [-0.39, 0.29) is 22.9 Å². The first kappa shape index (κ1) is 27.8. The molecule has 2 rings (SSSR count). The minimum Gasteiger partial charge on any atom is -0.493 e. The predicted octanol–water partition coefficient (Wildman–Crippen LogP) is 5.85. The maximum atomic E-state index is 13.7. The zero-order valence-electron chi connectivity index (χ0n) is 18.6. The first-order chi connectivity index (χ1) is 15.3. The molecular weight excluding hydrogens is 480 g/mol. The number of benzene rings is 1. The lowest BCUT2D eigenvalue weighted by Crippen LogP contribution is -2.37. The normalized spacial score (nSPS) is 14.3. The minimum atomic E-state index is -4.73. The number of aromatic nitrogens is 1. The third-order valence-corrected chi connectivity index (χ3v) is 6.64. The summed E-state index contributed by atoms with van der Waals surface area (Å²) in [7, 11) is -4.73. The molecule has 33 heavy (non-hydrogen) atoms. The lowest BCUT2D eigenvalue weighted by molar-refractivity contribution is -0.138. The molecule has 7 nitrogen and oxygen atoms in total. The van der Waals surface area contributed by atoms with Crippen LogP contribution in [-0.4, -0.2) is 28.0 Å². The number of thiazole rings is 1. The van der Waals surface area contributed by atoms with Gasteiger partial charge in [-0.25, -0.2) is 9.55 Å². The lowest BCUT2D eigenvalue weighted by atomic mass is 10.1. The number of alkyl halides is 3. The fourth-order valence-corrected chi connectivity index (χ4v) is 4.44. The molecule has 12 heteroatoms. The van der Waals surface area contributed by atoms with Gasteiger partial charge in [0.05, 0.1) is 29.2 Å². The molecule has 1 heterocycles. The standard InChI is InChI=1S/C21H30F3N2O5PS/c1-3-4-5-6-7-8-11-30-17-10-9-15(12-16(17)21(22,23)24)18-13-26-19(33-18)20(2,25)14-31-32(27,28)29/h9-10,12-13H,3-8,11,14,25H2,1-2H3,(H2,27,28,29)/t20-/m0/s1. The SMILES string of the molecule is CCCCCCCCOc1ccc(-c2cnc([C@@](C)(N)COP(=O)(O)O)s2)cc1C(F)(F)F. The second-order valence-electron chi connectivity index (χ2n) is 8.04. The molecular formula is C21H30F3N2O5PS. The van der Waals surface area contributed by atoms with Crippen molar-refractivity contribution in [3.63, 3.8) is 0 Å². The van der Waals surface area contributed by atoms with Crippen molar-refractivity contribution in [3.8, 4) is 16.2 Å². The Hall–Kier alpha value is -1.49. The number of nitrogens with zero attached hydrogens (tertiary/aromatic N) is 1. The molecule has 1 aromatic heterocycles. The molecule has 0 aliphatic carbocycles. The topological polar surface area (TPSA) is 115 Å². The molecule has 1 atom stereocenters. The van der Waals surface area contributed by atoms with Crippen LogP contribution in [0.1, 0.15) is 62.9 Å². The molecule has 0 aliphatic rings. The van der Waals surface area contributed by atoms with Crippen molar-refractivity contribution >= 4 is 19.2 Å². The Balaban J connectivity index is 2.13. The van der Waals surface area contributed by atoms with E-state index in [1.165, 1.54) is 25.3 Å². The van der Waals surface area contributed by atoms with Crippen molar-refractivity contribution in [2.75, 3.05) is 13.2 Å². The van der Waals surface area contributed by atoms with Gasteiger partial charge in [0.25, 0.3) is 0 Å². The fourth-order valence-electron chi connectivity index (χ4n) is 3.05. The van der Waals surface area contributed by atoms with E-state index in [9.17, 15) is 17.7 Å². The van der Waals surface area contributed by atoms with Crippen molar-refractivity contribution in [1.29, 1.82) is 0 Å². The third kappa shape index (κ3) is 8.99. The quantitative estimate of drug-likeness (QED) is 0.229. The van der Waals surface area contributed by atoms with E-state index in [1.807, 2.05) is 0 Å². The van der Waals surface area contributed by atoms with E-state index in [4.69, 9.17) is 20.3 Å². The van der Waals surface area contributed by atoms with Gasteiger partial charge in [0, 0.05) is 6.20 Å². The number of nitrogens with two attached hydrogens (primary N) is 1. The molecule has 4 N–H and O–H groups in total. The smallest absolute Gasteiger partial charge is 0.469 e. The average molecular weight is 511 g/mol. The highest BCUT2D eigenvalue weighted by Gasteiger charge is 2.35. The number of hydrogen-bond donors (Lipinski definition) is 3. The van der Waals surface area contributed by atoms with E-state index in [0.717, 1.165) is 49.5 Å². The number of ether oxygens (including phenoxy) is 1. The van der Waals surface area contributed by atoms with Gasteiger partial charge in [-0.15, -0.1) is 11.3 Å². The van der Waals surface area contributed by atoms with Gasteiger partial charge >= 0.3 is 14.0 Å². The van der Waals surface area contributed by atoms with E-state index in [2.05, 4.69) is 16.4 Å². The fraction of sp³-hybridized carbons (Fsp3) is 0.571. The second-order valence-corrected chi connectivity index (χ2v) is 10.3. The van der Waals surface area contributed by atoms with Crippen LogP contribution in [0.25, 0.3) is 10.4 Å². The van der Waals surface area contributed by atoms with Crippen LogP contribution in [0, 0.1) is 0 Å². The second kappa shape index (κ2) is 11.8. The largest absolute Gasteiger partial charge is 0.493 e. The molecule has 1 aromatic carbocycles. The maximum absolute atomic E-state index is 13.7. The Morgan fingerprint density at radius 1 is 1.15 bits per heavy atom. The number of hydrogen-bond acceptors (Lipinski definition) is 6. The van der Waals surface area contributed by atoms with Crippen LogP contribution in [0.5, 0.6) is 5.75 Å². The highest BCUT2D eigenvalue weighted by atomic mass is 32.1. The summed E-state index contributed by atoms with van der Waals surface area (Å²) in [5, 5.41) is 0.267. The summed E-state index contributed by atoms with van der Waals surface area (Å²) < 4.78 is 61.8. The van der Waals surface area contributed by atoms with E-state index in [0.29, 0.717) is 11.3 Å². The van der Waals surface area contributed by atoms with Crippen molar-refractivity contribution in [3.05, 3.63) is 35.0 Å². The van der Waals surface area contributed by atoms with Gasteiger partial charge in [0.15, 0.2) is 0 Å². The molecule has 0 amide bonds. The Morgan fingerprint density at radius 3 is 2.45 bits per heavy atom. The average Bonchev–Trinajstić information content (AvgIpc) is 3.22. The first-order valence-corrected chi connectivity index (χ1v) is 13.0. The van der Waals surface area contributed by atoms with Crippen LogP contribution in [0.3, 0.4) is 0 Å². The van der Waals surface area contributed by atoms with Crippen LogP contribution in [-0.2, 0) is 20.8 Å². The number of phosphoric ester groups is 1. The number of unbranched alkanes of at least 4 members (excludes halogenated alkanes) is 5. The van der Waals surface area contributed by atoms with Gasteiger partial charge in [-0.2, -0.15) is 13.2 Å². The molecule has 0 aliphatic heterocycles. The Bertz CT molecular complexity index is 946. The molecule has 0 saturated heterocycles. The third-order valence-electron chi connectivity index (χ3n) is 4.85. The monoisotopic (exact) mass is 510 g/mol. The summed E-state index contributed by atoms with van der Waals surface area (Å²) in [4.78, 5) is 22.3. The zero-order valence-corrected chi connectivity index (χ0v) is 20.3. The number of phosphoric acid groups is 1. The van der Waals surface area contributed by atoms with Gasteiger partial charge < -0.3 is 20.3 Å². The van der Waals surface area contributed by atoms with Gasteiger partial charge in [0.1, 0.15) is 10.8 Å². The Morgan fingerprint density at radius 2 is 1.82 bits per heavy atom. The van der Waals surface area contributed by atoms with E-state index in [1.54, 1.807) is 0 Å². The van der Waals surface area contributed by atoms with Crippen LogP contribution in [0.15, 0.2) is 24.4 Å². The van der Waals surface area contributed by atoms with E-state index >= 15 is 0 Å². The van der Waals surface area contributed by atoms with Crippen molar-refractivity contribution in [2.24, 2.45) is 5.73 Å². The summed E-state index contributed by atoms with van der Waals surface area (Å²) in [6, 6.07) is 3.82. The van der Waals surface area contributed by atoms with Crippen LogP contribution in [0.2, 0.25) is 0 Å². The number of halogens is 3. The summed E-state index contributed by atoms with van der Waals surface area (Å²) in [6.45, 7) is 3.29. The van der Waals surface area contributed by atoms with E-state index < -0.39 is 31.7 Å². The van der Waals surface area contributed by atoms with Crippen molar-refractivity contribution < 1.29 is 36.8 Å². The molecule has 186 valence electrons. The molecule has 2 aromatic rings. The summed E-state index contributed by atoms with van der Waals surface area (Å²) >= 11 is 1.02. The zero-order chi connectivity index (χ0) is 24.7. The predicted molar refractivity (Wildman–Crippen MR) is 121 cm³/mol. The molecule has 0 radical (unpaired) electrons. The van der Waals surface area contributed by atoms with Crippen LogP contribution < -0.4 is 10.5 Å². The lowest BCUT2D eigenvalue weighted by Gasteiger charge is -2.21. The summed E-state index contributed by atoms with van der Waals surface area (Å²) in [6.07, 6.45) is 2.80. The highest BCUT2D eigenvalue weighted by Crippen LogP contribution is 2.41. The molecule has 0 bridgehead atoms. The van der Waals surface area contributed by atoms with Gasteiger partial charge in [-0.05, 0) is 37.1 Å². The molecule has 0 unspecified atom stereocenters. The summed E-state index contributed by atoms with van der Waals surface area (Å²) in [5.41, 5.74) is 4.12. The molecule has 0 saturated carbocycles. The molecule has 0 spiro atoms. The van der Waals surface area contributed by atoms with Gasteiger partial charge in [-0.3, -0.25) is 4.52 Å². The number of rotatable bonds is 13. The van der Waals surface area contributed by atoms with Gasteiger partial charge in [-0.1, -0.05) is 39.0 Å². The first-order valence-electron chi connectivity index (χ1n) is 10.6. The molecule has 0 fully saturated rings. The minimum absolute atomic E-state index is 0.213. The van der Waals surface area contributed by atoms with Gasteiger partial charge in [0.2, 0.25) is 0 Å². The Labute approximate surface area is 195 Å². The summed E-state index contributed by atoms with van der Waals surface area (Å²) in [5.74, 6) is -0.219. The van der Waals surface area contributed by atoms with Crippen LogP contribution >= 0.6 is 19.2 Å².